The lowest BCUT2D eigenvalue weighted by molar-refractivity contribution is -0.384. The highest BCUT2D eigenvalue weighted by Crippen LogP contribution is 2.38. The van der Waals surface area contributed by atoms with E-state index in [4.69, 9.17) is 21.1 Å². The lowest BCUT2D eigenvalue weighted by atomic mass is 10.1. The van der Waals surface area contributed by atoms with E-state index in [0.717, 1.165) is 4.90 Å². The number of urea groups is 1. The molecule has 38 heavy (non-hydrogen) atoms. The van der Waals surface area contributed by atoms with Crippen molar-refractivity contribution in [1.82, 2.24) is 5.32 Å². The second kappa shape index (κ2) is 11.0. The van der Waals surface area contributed by atoms with E-state index >= 15 is 0 Å². The van der Waals surface area contributed by atoms with Crippen molar-refractivity contribution in [2.45, 2.75) is 13.5 Å². The number of imide groups is 2. The maximum Gasteiger partial charge on any atom is 0.335 e. The topological polar surface area (TPSA) is 128 Å². The standard InChI is InChI=1S/C26H19BrClN3O7/c1-14-3-6-17(28)12-21(14)30-25(33)19(24(32)29-26(30)34)9-16-10-20(27)23(22(11-16)37-2)38-13-15-4-7-18(8-5-15)31(35)36/h3-12H,13H2,1-2H3,(H,29,32,34)/b19-9+. The van der Waals surface area contributed by atoms with Gasteiger partial charge < -0.3 is 9.47 Å². The van der Waals surface area contributed by atoms with Crippen molar-refractivity contribution in [3.8, 4) is 11.5 Å². The molecule has 1 aliphatic rings. The van der Waals surface area contributed by atoms with Crippen LogP contribution in [0.5, 0.6) is 11.5 Å². The van der Waals surface area contributed by atoms with Crippen LogP contribution in [0.4, 0.5) is 16.2 Å². The third-order valence-electron chi connectivity index (χ3n) is 5.61. The number of hydrogen-bond donors (Lipinski definition) is 1. The summed E-state index contributed by atoms with van der Waals surface area (Å²) in [5, 5.41) is 13.4. The molecular formula is C26H19BrClN3O7. The van der Waals surface area contributed by atoms with Crippen molar-refractivity contribution in [3.63, 3.8) is 0 Å². The molecule has 0 atom stereocenters. The van der Waals surface area contributed by atoms with E-state index in [1.165, 1.54) is 31.4 Å². The minimum absolute atomic E-state index is 0.0306. The summed E-state index contributed by atoms with van der Waals surface area (Å²) >= 11 is 9.49. The predicted molar refractivity (Wildman–Crippen MR) is 143 cm³/mol. The molecule has 0 saturated carbocycles. The number of hydrogen-bond acceptors (Lipinski definition) is 7. The number of nitrogens with one attached hydrogen (secondary N) is 1. The first kappa shape index (κ1) is 26.8. The number of methoxy groups -OCH3 is 1. The Hall–Kier alpha value is -4.22. The molecule has 4 amide bonds. The number of non-ortho nitro benzene ring substituents is 1. The SMILES string of the molecule is COc1cc(/C=C2\C(=O)NC(=O)N(c3cc(Cl)ccc3C)C2=O)cc(Br)c1OCc1ccc([N+](=O)[O-])cc1. The number of nitro benzene ring substituents is 1. The van der Waals surface area contributed by atoms with Gasteiger partial charge in [0.05, 0.1) is 22.2 Å². The summed E-state index contributed by atoms with van der Waals surface area (Å²) in [5.41, 5.74) is 1.69. The van der Waals surface area contributed by atoms with Crippen LogP contribution in [-0.2, 0) is 16.2 Å². The lowest BCUT2D eigenvalue weighted by Crippen LogP contribution is -2.54. The van der Waals surface area contributed by atoms with Gasteiger partial charge in [0.2, 0.25) is 0 Å². The van der Waals surface area contributed by atoms with E-state index in [9.17, 15) is 24.5 Å². The highest BCUT2D eigenvalue weighted by molar-refractivity contribution is 9.10. The Labute approximate surface area is 230 Å². The molecule has 1 aliphatic heterocycles. The molecule has 0 bridgehead atoms. The van der Waals surface area contributed by atoms with Gasteiger partial charge in [-0.25, -0.2) is 9.69 Å². The van der Waals surface area contributed by atoms with Crippen LogP contribution < -0.4 is 19.7 Å². The van der Waals surface area contributed by atoms with Crippen LogP contribution >= 0.6 is 27.5 Å². The minimum atomic E-state index is -0.878. The van der Waals surface area contributed by atoms with Gasteiger partial charge in [0, 0.05) is 17.2 Å². The molecular weight excluding hydrogens is 582 g/mol. The fraction of sp³-hybridized carbons (Fsp3) is 0.115. The Bertz CT molecular complexity index is 1510. The van der Waals surface area contributed by atoms with Crippen LogP contribution in [0.15, 0.2) is 64.6 Å². The smallest absolute Gasteiger partial charge is 0.335 e. The summed E-state index contributed by atoms with van der Waals surface area (Å²) in [6, 6.07) is 13.0. The van der Waals surface area contributed by atoms with E-state index in [-0.39, 0.29) is 23.6 Å². The maximum absolute atomic E-state index is 13.3. The summed E-state index contributed by atoms with van der Waals surface area (Å²) in [4.78, 5) is 49.6. The zero-order valence-corrected chi connectivity index (χ0v) is 22.3. The average Bonchev–Trinajstić information content (AvgIpc) is 2.87. The van der Waals surface area contributed by atoms with E-state index < -0.39 is 22.8 Å². The number of benzene rings is 3. The highest BCUT2D eigenvalue weighted by atomic mass is 79.9. The third-order valence-corrected chi connectivity index (χ3v) is 6.43. The van der Waals surface area contributed by atoms with Gasteiger partial charge in [0.25, 0.3) is 17.5 Å². The molecule has 0 spiro atoms. The van der Waals surface area contributed by atoms with Gasteiger partial charge in [-0.15, -0.1) is 0 Å². The molecule has 1 fully saturated rings. The summed E-state index contributed by atoms with van der Waals surface area (Å²) < 4.78 is 11.8. The van der Waals surface area contributed by atoms with Crippen LogP contribution in [0.2, 0.25) is 5.02 Å². The van der Waals surface area contributed by atoms with Gasteiger partial charge in [-0.1, -0.05) is 17.7 Å². The quantitative estimate of drug-likeness (QED) is 0.162. The largest absolute Gasteiger partial charge is 0.493 e. The number of rotatable bonds is 7. The van der Waals surface area contributed by atoms with Gasteiger partial charge in [-0.05, 0) is 82.0 Å². The Morgan fingerprint density at radius 3 is 2.47 bits per heavy atom. The number of carbonyl (C=O) groups is 3. The van der Waals surface area contributed by atoms with Crippen molar-refractivity contribution < 1.29 is 28.8 Å². The van der Waals surface area contributed by atoms with E-state index in [2.05, 4.69) is 21.2 Å². The molecule has 3 aromatic carbocycles. The zero-order chi connectivity index (χ0) is 27.6. The number of ether oxygens (including phenoxy) is 2. The molecule has 0 unspecified atom stereocenters. The van der Waals surface area contributed by atoms with Crippen molar-refractivity contribution >= 4 is 62.8 Å². The number of barbiturate groups is 1. The Kier molecular flexibility index (Phi) is 7.79. The molecule has 4 rings (SSSR count). The molecule has 12 heteroatoms. The zero-order valence-electron chi connectivity index (χ0n) is 20.0. The number of nitrogens with zero attached hydrogens (tertiary/aromatic N) is 2. The molecule has 1 heterocycles. The van der Waals surface area contributed by atoms with Gasteiger partial charge in [0.15, 0.2) is 11.5 Å². The van der Waals surface area contributed by atoms with Gasteiger partial charge in [-0.3, -0.25) is 25.0 Å². The summed E-state index contributed by atoms with van der Waals surface area (Å²) in [6.45, 7) is 1.81. The monoisotopic (exact) mass is 599 g/mol. The third kappa shape index (κ3) is 5.53. The molecule has 1 saturated heterocycles. The van der Waals surface area contributed by atoms with E-state index in [1.54, 1.807) is 43.3 Å². The molecule has 3 aromatic rings. The van der Waals surface area contributed by atoms with Crippen LogP contribution in [0.1, 0.15) is 16.7 Å². The Morgan fingerprint density at radius 1 is 1.11 bits per heavy atom. The van der Waals surface area contributed by atoms with Crippen molar-refractivity contribution in [1.29, 1.82) is 0 Å². The van der Waals surface area contributed by atoms with Gasteiger partial charge in [0.1, 0.15) is 12.2 Å². The number of amides is 4. The number of carbonyl (C=O) groups excluding carboxylic acids is 3. The Morgan fingerprint density at radius 2 is 1.82 bits per heavy atom. The van der Waals surface area contributed by atoms with Crippen molar-refractivity contribution in [2.75, 3.05) is 12.0 Å². The molecule has 0 radical (unpaired) electrons. The number of aryl methyl sites for hydroxylation is 1. The fourth-order valence-electron chi connectivity index (χ4n) is 3.70. The van der Waals surface area contributed by atoms with E-state index in [1.807, 2.05) is 0 Å². The first-order chi connectivity index (χ1) is 18.1. The normalized spacial score (nSPS) is 14.5. The molecule has 194 valence electrons. The predicted octanol–water partition coefficient (Wildman–Crippen LogP) is 5.57. The summed E-state index contributed by atoms with van der Waals surface area (Å²) in [7, 11) is 1.43. The average molecular weight is 601 g/mol. The maximum atomic E-state index is 13.3. The van der Waals surface area contributed by atoms with Crippen LogP contribution in [0, 0.1) is 17.0 Å². The van der Waals surface area contributed by atoms with Gasteiger partial charge in [-0.2, -0.15) is 0 Å². The van der Waals surface area contributed by atoms with Crippen LogP contribution in [0.25, 0.3) is 6.08 Å². The summed E-state index contributed by atoms with van der Waals surface area (Å²) in [6.07, 6.45) is 1.34. The van der Waals surface area contributed by atoms with Gasteiger partial charge >= 0.3 is 6.03 Å². The first-order valence-electron chi connectivity index (χ1n) is 11.0. The van der Waals surface area contributed by atoms with Crippen molar-refractivity contribution in [3.05, 3.63) is 96.5 Å². The molecule has 1 N–H and O–H groups in total. The number of nitro groups is 1. The second-order valence-corrected chi connectivity index (χ2v) is 9.43. The van der Waals surface area contributed by atoms with Crippen LogP contribution in [0.3, 0.4) is 0 Å². The number of anilines is 1. The second-order valence-electron chi connectivity index (χ2n) is 8.14. The molecule has 0 aliphatic carbocycles. The molecule has 0 aromatic heterocycles. The van der Waals surface area contributed by atoms with E-state index in [0.29, 0.717) is 37.7 Å². The first-order valence-corrected chi connectivity index (χ1v) is 12.2. The Balaban J connectivity index is 1.63. The van der Waals surface area contributed by atoms with Crippen molar-refractivity contribution in [2.24, 2.45) is 0 Å². The minimum Gasteiger partial charge on any atom is -0.493 e. The van der Waals surface area contributed by atoms with Crippen LogP contribution in [-0.4, -0.2) is 29.9 Å². The lowest BCUT2D eigenvalue weighted by Gasteiger charge is -2.27. The highest BCUT2D eigenvalue weighted by Gasteiger charge is 2.37. The summed E-state index contributed by atoms with van der Waals surface area (Å²) in [5.74, 6) is -1.00. The number of halogens is 2. The fourth-order valence-corrected chi connectivity index (χ4v) is 4.44. The molecule has 10 nitrogen and oxygen atoms in total.